The number of thiophene rings is 2. The summed E-state index contributed by atoms with van der Waals surface area (Å²) in [4.78, 5) is 28.3. The first-order valence-electron chi connectivity index (χ1n) is 9.21. The van der Waals surface area contributed by atoms with Crippen LogP contribution in [0.15, 0.2) is 60.0 Å². The van der Waals surface area contributed by atoms with Crippen LogP contribution in [-0.2, 0) is 11.0 Å². The van der Waals surface area contributed by atoms with Gasteiger partial charge in [-0.25, -0.2) is 0 Å². The lowest BCUT2D eigenvalue weighted by Crippen LogP contribution is -2.35. The molecule has 0 spiro atoms. The molecule has 0 bridgehead atoms. The number of nitrogens with one attached hydrogen (secondary N) is 1. The molecule has 0 atom stereocenters. The van der Waals surface area contributed by atoms with Crippen LogP contribution in [0.3, 0.4) is 0 Å². The van der Waals surface area contributed by atoms with Crippen molar-refractivity contribution in [2.75, 3.05) is 16.8 Å². The molecule has 156 valence electrons. The van der Waals surface area contributed by atoms with E-state index >= 15 is 0 Å². The van der Waals surface area contributed by atoms with Crippen molar-refractivity contribution in [3.8, 4) is 10.4 Å². The average Bonchev–Trinajstić information content (AvgIpc) is 3.37. The van der Waals surface area contributed by atoms with Crippen molar-refractivity contribution in [3.63, 3.8) is 0 Å². The SMILES string of the molecule is O=C1CN(c2cccc(C(F)(F)F)c2)C(=O)c2sc3cc(-c4cccs4)ccc3c2N1. The van der Waals surface area contributed by atoms with Gasteiger partial charge >= 0.3 is 6.18 Å². The van der Waals surface area contributed by atoms with Gasteiger partial charge in [-0.05, 0) is 41.3 Å². The monoisotopic (exact) mass is 458 g/mol. The zero-order valence-corrected chi connectivity index (χ0v) is 17.3. The number of hydrogen-bond donors (Lipinski definition) is 1. The van der Waals surface area contributed by atoms with Gasteiger partial charge in [-0.15, -0.1) is 22.7 Å². The molecule has 0 aliphatic carbocycles. The predicted octanol–water partition coefficient (Wildman–Crippen LogP) is 6.25. The Bertz CT molecular complexity index is 1330. The van der Waals surface area contributed by atoms with Gasteiger partial charge in [0.1, 0.15) is 11.4 Å². The largest absolute Gasteiger partial charge is 0.416 e. The van der Waals surface area contributed by atoms with Gasteiger partial charge in [0.15, 0.2) is 0 Å². The predicted molar refractivity (Wildman–Crippen MR) is 117 cm³/mol. The molecule has 1 N–H and O–H groups in total. The van der Waals surface area contributed by atoms with Crippen molar-refractivity contribution in [1.29, 1.82) is 0 Å². The van der Waals surface area contributed by atoms with Crippen LogP contribution in [0.4, 0.5) is 24.5 Å². The number of rotatable bonds is 2. The number of benzene rings is 2. The quantitative estimate of drug-likeness (QED) is 0.386. The highest BCUT2D eigenvalue weighted by Crippen LogP contribution is 2.41. The van der Waals surface area contributed by atoms with Crippen LogP contribution in [-0.4, -0.2) is 18.4 Å². The number of anilines is 2. The minimum atomic E-state index is -4.55. The van der Waals surface area contributed by atoms with Gasteiger partial charge in [-0.3, -0.25) is 14.5 Å². The highest BCUT2D eigenvalue weighted by molar-refractivity contribution is 7.22. The average molecular weight is 458 g/mol. The van der Waals surface area contributed by atoms with Crippen LogP contribution in [0.2, 0.25) is 0 Å². The second-order valence-corrected chi connectivity index (χ2v) is 8.98. The van der Waals surface area contributed by atoms with E-state index < -0.39 is 23.6 Å². The minimum Gasteiger partial charge on any atom is -0.323 e. The Morgan fingerprint density at radius 1 is 1.00 bits per heavy atom. The molecule has 4 aromatic rings. The molecule has 9 heteroatoms. The normalized spacial score (nSPS) is 14.5. The molecular formula is C22H13F3N2O2S2. The van der Waals surface area contributed by atoms with E-state index in [1.54, 1.807) is 11.3 Å². The highest BCUT2D eigenvalue weighted by Gasteiger charge is 2.34. The van der Waals surface area contributed by atoms with Gasteiger partial charge < -0.3 is 5.32 Å². The lowest BCUT2D eigenvalue weighted by molar-refractivity contribution is -0.137. The molecule has 2 aromatic heterocycles. The summed E-state index contributed by atoms with van der Waals surface area (Å²) in [6.07, 6.45) is -4.55. The van der Waals surface area contributed by atoms with E-state index in [1.165, 1.54) is 23.5 Å². The molecule has 2 amide bonds. The minimum absolute atomic E-state index is 0.0274. The zero-order valence-electron chi connectivity index (χ0n) is 15.7. The lowest BCUT2D eigenvalue weighted by atomic mass is 10.1. The maximum atomic E-state index is 13.3. The summed E-state index contributed by atoms with van der Waals surface area (Å²) in [5, 5.41) is 5.47. The van der Waals surface area contributed by atoms with E-state index in [-0.39, 0.29) is 12.2 Å². The second kappa shape index (κ2) is 7.21. The molecule has 0 saturated carbocycles. The summed E-state index contributed by atoms with van der Waals surface area (Å²) in [5.74, 6) is -0.974. The molecule has 1 aliphatic heterocycles. The number of carbonyl (C=O) groups is 2. The molecule has 4 nitrogen and oxygen atoms in total. The van der Waals surface area contributed by atoms with Crippen LogP contribution < -0.4 is 10.2 Å². The number of alkyl halides is 3. The number of nitrogens with zero attached hydrogens (tertiary/aromatic N) is 1. The smallest absolute Gasteiger partial charge is 0.323 e. The topological polar surface area (TPSA) is 49.4 Å². The highest BCUT2D eigenvalue weighted by atomic mass is 32.1. The van der Waals surface area contributed by atoms with Gasteiger partial charge in [-0.2, -0.15) is 13.2 Å². The van der Waals surface area contributed by atoms with Crippen molar-refractivity contribution < 1.29 is 22.8 Å². The van der Waals surface area contributed by atoms with Gasteiger partial charge in [-0.1, -0.05) is 24.3 Å². The van der Waals surface area contributed by atoms with Gasteiger partial charge in [0.05, 0.1) is 11.3 Å². The van der Waals surface area contributed by atoms with E-state index in [0.29, 0.717) is 10.6 Å². The third kappa shape index (κ3) is 3.49. The van der Waals surface area contributed by atoms with Crippen molar-refractivity contribution >= 4 is 55.9 Å². The molecule has 31 heavy (non-hydrogen) atoms. The van der Waals surface area contributed by atoms with Crippen LogP contribution >= 0.6 is 22.7 Å². The van der Waals surface area contributed by atoms with E-state index in [0.717, 1.165) is 37.6 Å². The summed E-state index contributed by atoms with van der Waals surface area (Å²) in [5.41, 5.74) is 0.550. The maximum absolute atomic E-state index is 13.3. The Morgan fingerprint density at radius 2 is 1.84 bits per heavy atom. The summed E-state index contributed by atoms with van der Waals surface area (Å²) >= 11 is 2.81. The molecule has 3 heterocycles. The van der Waals surface area contributed by atoms with Crippen molar-refractivity contribution in [3.05, 3.63) is 70.4 Å². The summed E-state index contributed by atoms with van der Waals surface area (Å²) in [6, 6.07) is 14.1. The van der Waals surface area contributed by atoms with Crippen LogP contribution in [0, 0.1) is 0 Å². The third-order valence-corrected chi connectivity index (χ3v) is 7.05. The first-order chi connectivity index (χ1) is 14.8. The summed E-state index contributed by atoms with van der Waals surface area (Å²) < 4.78 is 40.2. The van der Waals surface area contributed by atoms with Gasteiger partial charge in [0.2, 0.25) is 5.91 Å². The Kier molecular flexibility index (Phi) is 4.60. The second-order valence-electron chi connectivity index (χ2n) is 6.98. The fourth-order valence-electron chi connectivity index (χ4n) is 3.54. The van der Waals surface area contributed by atoms with E-state index in [2.05, 4.69) is 5.32 Å². The molecule has 0 saturated heterocycles. The van der Waals surface area contributed by atoms with Crippen LogP contribution in [0.25, 0.3) is 20.5 Å². The van der Waals surface area contributed by atoms with Gasteiger partial charge in [0, 0.05) is 20.7 Å². The number of carbonyl (C=O) groups excluding carboxylic acids is 2. The zero-order chi connectivity index (χ0) is 21.8. The maximum Gasteiger partial charge on any atom is 0.416 e. The molecule has 0 fully saturated rings. The Labute approximate surface area is 182 Å². The van der Waals surface area contributed by atoms with Crippen molar-refractivity contribution in [1.82, 2.24) is 0 Å². The van der Waals surface area contributed by atoms with Crippen LogP contribution in [0.5, 0.6) is 0 Å². The number of hydrogen-bond acceptors (Lipinski definition) is 4. The molecule has 0 unspecified atom stereocenters. The third-order valence-electron chi connectivity index (χ3n) is 4.99. The van der Waals surface area contributed by atoms with E-state index in [9.17, 15) is 22.8 Å². The molecule has 1 aliphatic rings. The fourth-order valence-corrected chi connectivity index (χ4v) is 5.41. The Morgan fingerprint density at radius 3 is 2.58 bits per heavy atom. The standard InChI is InChI=1S/C22H13F3N2O2S2/c23-22(24,25)13-3-1-4-14(10-13)27-11-18(28)26-19-15-7-6-12(16-5-2-8-30-16)9-17(15)31-20(19)21(27)29/h1-10H,11H2,(H,26,28). The van der Waals surface area contributed by atoms with Crippen molar-refractivity contribution in [2.24, 2.45) is 0 Å². The van der Waals surface area contributed by atoms with Crippen molar-refractivity contribution in [2.45, 2.75) is 6.18 Å². The van der Waals surface area contributed by atoms with Gasteiger partial charge in [0.25, 0.3) is 5.91 Å². The number of halogens is 3. The Hall–Kier alpha value is -3.17. The number of amides is 2. The fraction of sp³-hybridized carbons (Fsp3) is 0.0909. The summed E-state index contributed by atoms with van der Waals surface area (Å²) in [6.45, 7) is -0.365. The molecule has 0 radical (unpaired) electrons. The Balaban J connectivity index is 1.60. The summed E-state index contributed by atoms with van der Waals surface area (Å²) in [7, 11) is 0. The first kappa shape index (κ1) is 19.8. The van der Waals surface area contributed by atoms with E-state index in [1.807, 2.05) is 35.7 Å². The first-order valence-corrected chi connectivity index (χ1v) is 10.9. The van der Waals surface area contributed by atoms with E-state index in [4.69, 9.17) is 0 Å². The lowest BCUT2D eigenvalue weighted by Gasteiger charge is -2.20. The molecule has 5 rings (SSSR count). The molecular weight excluding hydrogens is 445 g/mol. The number of fused-ring (bicyclic) bond motifs is 3. The van der Waals surface area contributed by atoms with Crippen LogP contribution in [0.1, 0.15) is 15.2 Å². The molecule has 2 aromatic carbocycles.